The Morgan fingerprint density at radius 1 is 1.31 bits per heavy atom. The average Bonchev–Trinajstić information content (AvgIpc) is 2.74. The molecule has 0 saturated heterocycles. The fraction of sp³-hybridized carbons (Fsp3) is 0.385. The van der Waals surface area contributed by atoms with Crippen LogP contribution < -0.4 is 5.32 Å². The Bertz CT molecular complexity index is 386. The molecule has 0 heterocycles. The van der Waals surface area contributed by atoms with Gasteiger partial charge in [0.2, 0.25) is 5.91 Å². The van der Waals surface area contributed by atoms with Gasteiger partial charge in [0, 0.05) is 13.0 Å². The van der Waals surface area contributed by atoms with Crippen LogP contribution in [0, 0.1) is 5.92 Å². The molecule has 1 atom stereocenters. The molecule has 3 heteroatoms. The highest BCUT2D eigenvalue weighted by Crippen LogP contribution is 2.21. The van der Waals surface area contributed by atoms with Gasteiger partial charge in [-0.1, -0.05) is 30.3 Å². The lowest BCUT2D eigenvalue weighted by molar-refractivity contribution is -0.132. The average molecular weight is 217 g/mol. The fourth-order valence-corrected chi connectivity index (χ4v) is 2.00. The molecule has 0 aromatic heterocycles. The van der Waals surface area contributed by atoms with Crippen molar-refractivity contribution in [2.75, 3.05) is 0 Å². The molecule has 1 N–H and O–H groups in total. The van der Waals surface area contributed by atoms with Crippen molar-refractivity contribution in [3.63, 3.8) is 0 Å². The van der Waals surface area contributed by atoms with Gasteiger partial charge in [-0.05, 0) is 18.4 Å². The van der Waals surface area contributed by atoms with Crippen molar-refractivity contribution < 1.29 is 9.59 Å². The summed E-state index contributed by atoms with van der Waals surface area (Å²) in [6.45, 7) is 0.503. The zero-order valence-corrected chi connectivity index (χ0v) is 9.11. The van der Waals surface area contributed by atoms with Crippen LogP contribution in [0.2, 0.25) is 0 Å². The van der Waals surface area contributed by atoms with E-state index in [1.165, 1.54) is 0 Å². The molecular formula is C13H15NO2. The van der Waals surface area contributed by atoms with Crippen LogP contribution in [0.1, 0.15) is 24.8 Å². The largest absolute Gasteiger partial charge is 0.351 e. The molecule has 0 aliphatic heterocycles. The van der Waals surface area contributed by atoms with Gasteiger partial charge in [0.15, 0.2) is 0 Å². The van der Waals surface area contributed by atoms with Crippen molar-refractivity contribution in [3.8, 4) is 0 Å². The molecule has 1 fully saturated rings. The van der Waals surface area contributed by atoms with E-state index in [0.29, 0.717) is 19.4 Å². The Morgan fingerprint density at radius 2 is 2.06 bits per heavy atom. The summed E-state index contributed by atoms with van der Waals surface area (Å²) >= 11 is 0. The molecule has 84 valence electrons. The number of rotatable bonds is 3. The first kappa shape index (κ1) is 10.9. The molecule has 1 aromatic carbocycles. The minimum atomic E-state index is -0.399. The summed E-state index contributed by atoms with van der Waals surface area (Å²) < 4.78 is 0. The maximum atomic E-state index is 11.7. The highest BCUT2D eigenvalue weighted by atomic mass is 16.2. The molecule has 0 radical (unpaired) electrons. The van der Waals surface area contributed by atoms with E-state index < -0.39 is 5.92 Å². The predicted molar refractivity (Wildman–Crippen MR) is 60.6 cm³/mol. The van der Waals surface area contributed by atoms with E-state index in [2.05, 4.69) is 5.32 Å². The molecular weight excluding hydrogens is 202 g/mol. The molecule has 1 aromatic rings. The van der Waals surface area contributed by atoms with Gasteiger partial charge in [0.05, 0.1) is 5.92 Å². The molecule has 0 spiro atoms. The lowest BCUT2D eigenvalue weighted by atomic mass is 10.1. The lowest BCUT2D eigenvalue weighted by Crippen LogP contribution is -2.32. The van der Waals surface area contributed by atoms with Gasteiger partial charge in [0.25, 0.3) is 0 Å². The zero-order valence-electron chi connectivity index (χ0n) is 9.11. The lowest BCUT2D eigenvalue weighted by Gasteiger charge is -2.09. The number of nitrogens with one attached hydrogen (secondary N) is 1. The van der Waals surface area contributed by atoms with Crippen LogP contribution in [0.3, 0.4) is 0 Å². The summed E-state index contributed by atoms with van der Waals surface area (Å²) in [5.74, 6) is -0.430. The van der Waals surface area contributed by atoms with E-state index >= 15 is 0 Å². The van der Waals surface area contributed by atoms with Gasteiger partial charge in [-0.2, -0.15) is 0 Å². The zero-order chi connectivity index (χ0) is 11.4. The number of Topliss-reactive ketones (excluding diaryl/α,β-unsaturated/α-hetero) is 1. The van der Waals surface area contributed by atoms with Crippen molar-refractivity contribution >= 4 is 11.7 Å². The van der Waals surface area contributed by atoms with Crippen molar-refractivity contribution in [1.29, 1.82) is 0 Å². The third kappa shape index (κ3) is 2.48. The van der Waals surface area contributed by atoms with Gasteiger partial charge in [-0.25, -0.2) is 0 Å². The second-order valence-corrected chi connectivity index (χ2v) is 4.11. The predicted octanol–water partition coefficient (Wildman–Crippen LogP) is 1.67. The minimum Gasteiger partial charge on any atom is -0.351 e. The van der Waals surface area contributed by atoms with Crippen LogP contribution in [0.15, 0.2) is 30.3 Å². The Morgan fingerprint density at radius 3 is 2.69 bits per heavy atom. The molecule has 2 rings (SSSR count). The van der Waals surface area contributed by atoms with E-state index in [-0.39, 0.29) is 11.7 Å². The second kappa shape index (κ2) is 4.92. The minimum absolute atomic E-state index is 0.0885. The van der Waals surface area contributed by atoms with E-state index in [0.717, 1.165) is 12.0 Å². The fourth-order valence-electron chi connectivity index (χ4n) is 2.00. The topological polar surface area (TPSA) is 46.2 Å². The third-order valence-electron chi connectivity index (χ3n) is 2.93. The highest BCUT2D eigenvalue weighted by Gasteiger charge is 2.30. The summed E-state index contributed by atoms with van der Waals surface area (Å²) in [5.41, 5.74) is 1.06. The SMILES string of the molecule is O=C1CCC[C@@H]1C(=O)NCc1ccccc1. The third-order valence-corrected chi connectivity index (χ3v) is 2.93. The number of benzene rings is 1. The molecule has 1 saturated carbocycles. The second-order valence-electron chi connectivity index (χ2n) is 4.11. The number of carbonyl (C=O) groups excluding carboxylic acids is 2. The smallest absolute Gasteiger partial charge is 0.230 e. The Hall–Kier alpha value is -1.64. The molecule has 0 unspecified atom stereocenters. The summed E-state index contributed by atoms with van der Waals surface area (Å²) in [7, 11) is 0. The summed E-state index contributed by atoms with van der Waals surface area (Å²) in [6.07, 6.45) is 2.12. The molecule has 1 amide bonds. The summed E-state index contributed by atoms with van der Waals surface area (Å²) in [6, 6.07) is 9.71. The monoisotopic (exact) mass is 217 g/mol. The molecule has 1 aliphatic carbocycles. The van der Waals surface area contributed by atoms with E-state index in [1.807, 2.05) is 30.3 Å². The summed E-state index contributed by atoms with van der Waals surface area (Å²) in [5, 5.41) is 2.81. The number of ketones is 1. The number of carbonyl (C=O) groups is 2. The first-order chi connectivity index (χ1) is 7.77. The Labute approximate surface area is 94.9 Å². The quantitative estimate of drug-likeness (QED) is 0.783. The van der Waals surface area contributed by atoms with E-state index in [9.17, 15) is 9.59 Å². The van der Waals surface area contributed by atoms with Crippen LogP contribution in [-0.2, 0) is 16.1 Å². The van der Waals surface area contributed by atoms with Crippen molar-refractivity contribution in [1.82, 2.24) is 5.32 Å². The normalized spacial score (nSPS) is 19.8. The van der Waals surface area contributed by atoms with Gasteiger partial charge in [-0.15, -0.1) is 0 Å². The van der Waals surface area contributed by atoms with Crippen LogP contribution in [0.25, 0.3) is 0 Å². The first-order valence-corrected chi connectivity index (χ1v) is 5.62. The van der Waals surface area contributed by atoms with E-state index in [4.69, 9.17) is 0 Å². The van der Waals surface area contributed by atoms with Crippen LogP contribution in [0.4, 0.5) is 0 Å². The van der Waals surface area contributed by atoms with Gasteiger partial charge in [-0.3, -0.25) is 9.59 Å². The van der Waals surface area contributed by atoms with Crippen LogP contribution in [-0.4, -0.2) is 11.7 Å². The number of hydrogen-bond donors (Lipinski definition) is 1. The van der Waals surface area contributed by atoms with Crippen molar-refractivity contribution in [3.05, 3.63) is 35.9 Å². The maximum absolute atomic E-state index is 11.7. The van der Waals surface area contributed by atoms with Gasteiger partial charge in [0.1, 0.15) is 5.78 Å². The highest BCUT2D eigenvalue weighted by molar-refractivity contribution is 6.02. The molecule has 1 aliphatic rings. The Balaban J connectivity index is 1.86. The summed E-state index contributed by atoms with van der Waals surface area (Å²) in [4.78, 5) is 23.1. The van der Waals surface area contributed by atoms with Gasteiger partial charge < -0.3 is 5.32 Å². The molecule has 16 heavy (non-hydrogen) atoms. The molecule has 3 nitrogen and oxygen atoms in total. The maximum Gasteiger partial charge on any atom is 0.230 e. The van der Waals surface area contributed by atoms with Crippen molar-refractivity contribution in [2.24, 2.45) is 5.92 Å². The number of hydrogen-bond acceptors (Lipinski definition) is 2. The number of amides is 1. The standard InChI is InChI=1S/C13H15NO2/c15-12-8-4-7-11(12)13(16)14-9-10-5-2-1-3-6-10/h1-3,5-6,11H,4,7-9H2,(H,14,16)/t11-/m0/s1. The van der Waals surface area contributed by atoms with Crippen molar-refractivity contribution in [2.45, 2.75) is 25.8 Å². The first-order valence-electron chi connectivity index (χ1n) is 5.62. The van der Waals surface area contributed by atoms with Crippen LogP contribution >= 0.6 is 0 Å². The van der Waals surface area contributed by atoms with Crippen LogP contribution in [0.5, 0.6) is 0 Å². The van der Waals surface area contributed by atoms with Gasteiger partial charge >= 0.3 is 0 Å². The Kier molecular flexibility index (Phi) is 3.34. The van der Waals surface area contributed by atoms with E-state index in [1.54, 1.807) is 0 Å². The molecule has 0 bridgehead atoms.